The first-order valence-electron chi connectivity index (χ1n) is 9.77. The molecule has 2 aromatic carbocycles. The minimum absolute atomic E-state index is 0.186. The van der Waals surface area contributed by atoms with Gasteiger partial charge in [-0.1, -0.05) is 60.7 Å². The molecule has 2 aromatic heterocycles. The largest absolute Gasteiger partial charge is 0.473 e. The summed E-state index contributed by atoms with van der Waals surface area (Å²) >= 11 is 3.32. The van der Waals surface area contributed by atoms with Crippen LogP contribution in [0.2, 0.25) is 0 Å². The number of pyridine rings is 2. The van der Waals surface area contributed by atoms with E-state index in [0.717, 1.165) is 11.1 Å². The summed E-state index contributed by atoms with van der Waals surface area (Å²) in [5.74, 6) is 0.203. The number of nitrogens with zero attached hydrogens (tertiary/aromatic N) is 2. The highest BCUT2D eigenvalue weighted by Crippen LogP contribution is 2.33. The first kappa shape index (κ1) is 21.0. The van der Waals surface area contributed by atoms with Crippen LogP contribution in [0.4, 0.5) is 4.39 Å². The fourth-order valence-electron chi connectivity index (χ4n) is 3.00. The SMILES string of the molecule is Cc1nc(-c2ccc(OCc3ccccc3)nc2OCc2ccccc2)c(F)cc1Br. The summed E-state index contributed by atoms with van der Waals surface area (Å²) in [4.78, 5) is 8.91. The third-order valence-electron chi connectivity index (χ3n) is 4.64. The van der Waals surface area contributed by atoms with Gasteiger partial charge in [-0.3, -0.25) is 0 Å². The van der Waals surface area contributed by atoms with Gasteiger partial charge in [0.15, 0.2) is 5.82 Å². The van der Waals surface area contributed by atoms with Gasteiger partial charge >= 0.3 is 0 Å². The molecule has 31 heavy (non-hydrogen) atoms. The number of aryl methyl sites for hydroxylation is 1. The molecule has 0 bridgehead atoms. The minimum atomic E-state index is -0.457. The molecule has 4 aromatic rings. The third kappa shape index (κ3) is 5.27. The molecule has 4 nitrogen and oxygen atoms in total. The summed E-state index contributed by atoms with van der Waals surface area (Å²) in [5.41, 5.74) is 3.33. The second-order valence-electron chi connectivity index (χ2n) is 6.94. The summed E-state index contributed by atoms with van der Waals surface area (Å²) in [5, 5.41) is 0. The van der Waals surface area contributed by atoms with Gasteiger partial charge in [-0.05, 0) is 46.1 Å². The normalized spacial score (nSPS) is 10.7. The van der Waals surface area contributed by atoms with Gasteiger partial charge in [0, 0.05) is 10.5 Å². The maximum Gasteiger partial charge on any atom is 0.226 e. The van der Waals surface area contributed by atoms with Crippen LogP contribution in [0.5, 0.6) is 11.8 Å². The monoisotopic (exact) mass is 478 g/mol. The molecule has 2 heterocycles. The minimum Gasteiger partial charge on any atom is -0.473 e. The van der Waals surface area contributed by atoms with E-state index in [0.29, 0.717) is 34.8 Å². The number of benzene rings is 2. The van der Waals surface area contributed by atoms with Crippen LogP contribution in [0.3, 0.4) is 0 Å². The van der Waals surface area contributed by atoms with Crippen molar-refractivity contribution in [2.45, 2.75) is 20.1 Å². The lowest BCUT2D eigenvalue weighted by atomic mass is 10.1. The molecule has 4 rings (SSSR count). The van der Waals surface area contributed by atoms with Crippen LogP contribution in [0.1, 0.15) is 16.8 Å². The van der Waals surface area contributed by atoms with Gasteiger partial charge < -0.3 is 9.47 Å². The van der Waals surface area contributed by atoms with E-state index in [1.165, 1.54) is 6.07 Å². The molecule has 6 heteroatoms. The molecular formula is C25H20BrFN2O2. The van der Waals surface area contributed by atoms with Gasteiger partial charge in [-0.15, -0.1) is 0 Å². The Morgan fingerprint density at radius 1 is 0.806 bits per heavy atom. The van der Waals surface area contributed by atoms with Crippen molar-refractivity contribution < 1.29 is 13.9 Å². The van der Waals surface area contributed by atoms with Crippen molar-refractivity contribution in [2.24, 2.45) is 0 Å². The molecule has 0 atom stereocenters. The number of hydrogen-bond donors (Lipinski definition) is 0. The van der Waals surface area contributed by atoms with Crippen LogP contribution in [0, 0.1) is 12.7 Å². The third-order valence-corrected chi connectivity index (χ3v) is 5.45. The highest BCUT2D eigenvalue weighted by atomic mass is 79.9. The molecule has 0 aliphatic rings. The molecule has 0 fully saturated rings. The Hall–Kier alpha value is -3.25. The lowest BCUT2D eigenvalue weighted by molar-refractivity contribution is 0.268. The molecule has 0 spiro atoms. The number of ether oxygens (including phenoxy) is 2. The molecule has 156 valence electrons. The second-order valence-corrected chi connectivity index (χ2v) is 7.79. The van der Waals surface area contributed by atoms with E-state index in [4.69, 9.17) is 9.47 Å². The summed E-state index contributed by atoms with van der Waals surface area (Å²) in [7, 11) is 0. The van der Waals surface area contributed by atoms with Gasteiger partial charge in [0.1, 0.15) is 18.9 Å². The van der Waals surface area contributed by atoms with Crippen molar-refractivity contribution in [1.29, 1.82) is 0 Å². The Labute approximate surface area is 188 Å². The average Bonchev–Trinajstić information content (AvgIpc) is 2.80. The molecule has 0 aliphatic carbocycles. The van der Waals surface area contributed by atoms with Crippen molar-refractivity contribution in [3.05, 3.63) is 106 Å². The van der Waals surface area contributed by atoms with E-state index >= 15 is 0 Å². The van der Waals surface area contributed by atoms with Crippen molar-refractivity contribution >= 4 is 15.9 Å². The Morgan fingerprint density at radius 3 is 2.06 bits per heavy atom. The zero-order valence-electron chi connectivity index (χ0n) is 16.9. The van der Waals surface area contributed by atoms with Crippen molar-refractivity contribution in [1.82, 2.24) is 9.97 Å². The Morgan fingerprint density at radius 2 is 1.42 bits per heavy atom. The maximum atomic E-state index is 14.7. The van der Waals surface area contributed by atoms with Crippen LogP contribution in [-0.2, 0) is 13.2 Å². The van der Waals surface area contributed by atoms with E-state index in [2.05, 4.69) is 25.9 Å². The molecule has 0 saturated heterocycles. The first-order valence-corrected chi connectivity index (χ1v) is 10.6. The van der Waals surface area contributed by atoms with Crippen LogP contribution in [0.25, 0.3) is 11.3 Å². The lowest BCUT2D eigenvalue weighted by Gasteiger charge is -2.14. The Balaban J connectivity index is 1.65. The summed E-state index contributed by atoms with van der Waals surface area (Å²) in [6.07, 6.45) is 0. The number of aromatic nitrogens is 2. The highest BCUT2D eigenvalue weighted by molar-refractivity contribution is 9.10. The van der Waals surface area contributed by atoms with Crippen molar-refractivity contribution in [2.75, 3.05) is 0 Å². The zero-order valence-corrected chi connectivity index (χ0v) is 18.5. The summed E-state index contributed by atoms with van der Waals surface area (Å²) in [6.45, 7) is 2.47. The molecule has 0 unspecified atom stereocenters. The van der Waals surface area contributed by atoms with Gasteiger partial charge in [-0.25, -0.2) is 9.37 Å². The lowest BCUT2D eigenvalue weighted by Crippen LogP contribution is -2.04. The van der Waals surface area contributed by atoms with Crippen LogP contribution >= 0.6 is 15.9 Å². The van der Waals surface area contributed by atoms with Crippen LogP contribution in [0.15, 0.2) is 83.3 Å². The zero-order chi connectivity index (χ0) is 21.6. The van der Waals surface area contributed by atoms with Gasteiger partial charge in [0.25, 0.3) is 0 Å². The fraction of sp³-hybridized carbons (Fsp3) is 0.120. The molecule has 0 amide bonds. The Kier molecular flexibility index (Phi) is 6.57. The molecular weight excluding hydrogens is 459 g/mol. The smallest absolute Gasteiger partial charge is 0.226 e. The molecule has 0 N–H and O–H groups in total. The molecule has 0 radical (unpaired) electrons. The number of halogens is 2. The highest BCUT2D eigenvalue weighted by Gasteiger charge is 2.17. The van der Waals surface area contributed by atoms with Gasteiger partial charge in [-0.2, -0.15) is 4.98 Å². The van der Waals surface area contributed by atoms with E-state index in [-0.39, 0.29) is 11.6 Å². The quantitative estimate of drug-likeness (QED) is 0.303. The van der Waals surface area contributed by atoms with E-state index in [1.54, 1.807) is 12.1 Å². The number of hydrogen-bond acceptors (Lipinski definition) is 4. The molecule has 0 aliphatic heterocycles. The van der Waals surface area contributed by atoms with E-state index in [9.17, 15) is 4.39 Å². The maximum absolute atomic E-state index is 14.7. The second kappa shape index (κ2) is 9.71. The predicted octanol–water partition coefficient (Wildman–Crippen LogP) is 6.51. The topological polar surface area (TPSA) is 44.2 Å². The predicted molar refractivity (Wildman–Crippen MR) is 121 cm³/mol. The van der Waals surface area contributed by atoms with E-state index in [1.807, 2.05) is 67.6 Å². The van der Waals surface area contributed by atoms with Crippen molar-refractivity contribution in [3.63, 3.8) is 0 Å². The van der Waals surface area contributed by atoms with Gasteiger partial charge in [0.05, 0.1) is 11.3 Å². The fourth-order valence-corrected chi connectivity index (χ4v) is 3.29. The van der Waals surface area contributed by atoms with Crippen LogP contribution < -0.4 is 9.47 Å². The summed E-state index contributed by atoms with van der Waals surface area (Å²) < 4.78 is 27.2. The molecule has 0 saturated carbocycles. The van der Waals surface area contributed by atoms with E-state index < -0.39 is 5.82 Å². The number of rotatable bonds is 7. The standard InChI is InChI=1S/C25H20BrFN2O2/c1-17-21(26)14-22(27)24(28-17)20-12-13-23(30-15-18-8-4-2-5-9-18)29-25(20)31-16-19-10-6-3-7-11-19/h2-14H,15-16H2,1H3. The summed E-state index contributed by atoms with van der Waals surface area (Å²) in [6, 6.07) is 24.4. The Bertz CT molecular complexity index is 1170. The van der Waals surface area contributed by atoms with Crippen molar-refractivity contribution in [3.8, 4) is 23.0 Å². The first-order chi connectivity index (χ1) is 15.1. The van der Waals surface area contributed by atoms with Crippen LogP contribution in [-0.4, -0.2) is 9.97 Å². The van der Waals surface area contributed by atoms with Gasteiger partial charge in [0.2, 0.25) is 11.8 Å². The average molecular weight is 479 g/mol.